The molecule has 0 heterocycles. The van der Waals surface area contributed by atoms with E-state index in [4.69, 9.17) is 11.0 Å². The number of halogens is 1. The molecule has 1 saturated carbocycles. The minimum absolute atomic E-state index is 0. The molecule has 2 nitrogen and oxygen atoms in total. The highest BCUT2D eigenvalue weighted by atomic mass is 35.5. The molecule has 0 bridgehead atoms. The minimum atomic E-state index is 0. The quantitative estimate of drug-likeness (QED) is 0.723. The summed E-state index contributed by atoms with van der Waals surface area (Å²) >= 11 is 0. The van der Waals surface area contributed by atoms with Crippen LogP contribution in [-0.4, -0.2) is 6.54 Å². The smallest absolute Gasteiger partial charge is 0.0628 e. The Hall–Kier alpha value is -0.260. The summed E-state index contributed by atoms with van der Waals surface area (Å²) in [5.74, 6) is 0. The molecule has 0 aromatic heterocycles. The van der Waals surface area contributed by atoms with E-state index < -0.39 is 0 Å². The molecule has 1 aliphatic rings. The highest BCUT2D eigenvalue weighted by Gasteiger charge is 2.29. The van der Waals surface area contributed by atoms with Gasteiger partial charge in [0.2, 0.25) is 0 Å². The van der Waals surface area contributed by atoms with Crippen LogP contribution in [0.4, 0.5) is 0 Å². The Kier molecular flexibility index (Phi) is 5.28. The molecule has 3 heteroatoms. The Morgan fingerprint density at radius 2 is 1.83 bits per heavy atom. The maximum Gasteiger partial charge on any atom is 0.0628 e. The average molecular weight is 189 g/mol. The van der Waals surface area contributed by atoms with Gasteiger partial charge in [0.15, 0.2) is 0 Å². The Bertz CT molecular complexity index is 156. The van der Waals surface area contributed by atoms with Crippen molar-refractivity contribution in [1.29, 1.82) is 5.26 Å². The van der Waals surface area contributed by atoms with Crippen LogP contribution in [0.5, 0.6) is 0 Å². The van der Waals surface area contributed by atoms with Crippen molar-refractivity contribution in [2.45, 2.75) is 38.5 Å². The third-order valence-electron chi connectivity index (χ3n) is 2.80. The number of nitrogens with zero attached hydrogens (tertiary/aromatic N) is 1. The Morgan fingerprint density at radius 1 is 1.25 bits per heavy atom. The third kappa shape index (κ3) is 2.66. The topological polar surface area (TPSA) is 49.8 Å². The van der Waals surface area contributed by atoms with Crippen LogP contribution in [0, 0.1) is 16.7 Å². The van der Waals surface area contributed by atoms with Crippen molar-refractivity contribution in [2.75, 3.05) is 6.54 Å². The lowest BCUT2D eigenvalue weighted by molar-refractivity contribution is 0.204. The van der Waals surface area contributed by atoms with Crippen molar-refractivity contribution in [3.63, 3.8) is 0 Å². The van der Waals surface area contributed by atoms with Gasteiger partial charge < -0.3 is 5.73 Å². The van der Waals surface area contributed by atoms with Gasteiger partial charge in [0.25, 0.3) is 0 Å². The zero-order valence-electron chi connectivity index (χ0n) is 7.38. The van der Waals surface area contributed by atoms with Crippen LogP contribution in [0.25, 0.3) is 0 Å². The molecule has 0 unspecified atom stereocenters. The highest BCUT2D eigenvalue weighted by molar-refractivity contribution is 5.85. The molecule has 1 fully saturated rings. The number of hydrogen-bond acceptors (Lipinski definition) is 2. The number of rotatable bonds is 2. The van der Waals surface area contributed by atoms with Gasteiger partial charge in [-0.05, 0) is 24.8 Å². The van der Waals surface area contributed by atoms with E-state index in [0.717, 1.165) is 12.8 Å². The summed E-state index contributed by atoms with van der Waals surface area (Å²) in [6.45, 7) is 0.695. The third-order valence-corrected chi connectivity index (χ3v) is 2.80. The first-order valence-electron chi connectivity index (χ1n) is 4.40. The van der Waals surface area contributed by atoms with Crippen molar-refractivity contribution in [1.82, 2.24) is 0 Å². The average Bonchev–Trinajstić information content (AvgIpc) is 2.07. The summed E-state index contributed by atoms with van der Waals surface area (Å²) < 4.78 is 0. The van der Waals surface area contributed by atoms with Crippen LogP contribution in [0.1, 0.15) is 38.5 Å². The maximum atomic E-state index is 8.61. The van der Waals surface area contributed by atoms with Gasteiger partial charge in [-0.1, -0.05) is 19.3 Å². The molecule has 0 saturated heterocycles. The predicted molar refractivity (Wildman–Crippen MR) is 52.1 cm³/mol. The SMILES string of the molecule is Cl.N#CCC1(CN)CCCCC1. The first-order valence-corrected chi connectivity index (χ1v) is 4.40. The molecule has 2 N–H and O–H groups in total. The van der Waals surface area contributed by atoms with Gasteiger partial charge >= 0.3 is 0 Å². The fourth-order valence-corrected chi connectivity index (χ4v) is 1.92. The molecule has 0 atom stereocenters. The Morgan fingerprint density at radius 3 is 2.25 bits per heavy atom. The minimum Gasteiger partial charge on any atom is -0.330 e. The van der Waals surface area contributed by atoms with E-state index in [1.165, 1.54) is 19.3 Å². The van der Waals surface area contributed by atoms with Gasteiger partial charge in [-0.25, -0.2) is 0 Å². The summed E-state index contributed by atoms with van der Waals surface area (Å²) in [5, 5.41) is 8.61. The first-order chi connectivity index (χ1) is 5.33. The van der Waals surface area contributed by atoms with Gasteiger partial charge in [-0.15, -0.1) is 12.4 Å². The summed E-state index contributed by atoms with van der Waals surface area (Å²) in [6.07, 6.45) is 6.84. The van der Waals surface area contributed by atoms with Gasteiger partial charge in [0.1, 0.15) is 0 Å². The molecule has 0 aliphatic heterocycles. The number of nitrogens with two attached hydrogens (primary N) is 1. The lowest BCUT2D eigenvalue weighted by Gasteiger charge is -2.33. The molecule has 0 spiro atoms. The van der Waals surface area contributed by atoms with Crippen molar-refractivity contribution < 1.29 is 0 Å². The maximum absolute atomic E-state index is 8.61. The number of hydrogen-bond donors (Lipinski definition) is 1. The second-order valence-corrected chi connectivity index (χ2v) is 3.60. The highest BCUT2D eigenvalue weighted by Crippen LogP contribution is 2.37. The molecule has 12 heavy (non-hydrogen) atoms. The van der Waals surface area contributed by atoms with Gasteiger partial charge in [0, 0.05) is 6.42 Å². The zero-order chi connectivity index (χ0) is 8.16. The molecule has 0 aromatic rings. The van der Waals surface area contributed by atoms with Crippen molar-refractivity contribution >= 4 is 12.4 Å². The molecule has 0 radical (unpaired) electrons. The molecular weight excluding hydrogens is 172 g/mol. The first kappa shape index (κ1) is 11.7. The fraction of sp³-hybridized carbons (Fsp3) is 0.889. The molecule has 0 amide bonds. The van der Waals surface area contributed by atoms with Crippen molar-refractivity contribution in [3.05, 3.63) is 0 Å². The molecule has 0 aromatic carbocycles. The molecular formula is C9H17ClN2. The monoisotopic (exact) mass is 188 g/mol. The lowest BCUT2D eigenvalue weighted by atomic mass is 9.72. The van der Waals surface area contributed by atoms with Crippen molar-refractivity contribution in [2.24, 2.45) is 11.1 Å². The standard InChI is InChI=1S/C9H16N2.ClH/c10-7-6-9(8-11)4-2-1-3-5-9;/h1-6,8,11H2;1H. The van der Waals surface area contributed by atoms with E-state index in [1.807, 2.05) is 0 Å². The lowest BCUT2D eigenvalue weighted by Crippen LogP contribution is -2.32. The summed E-state index contributed by atoms with van der Waals surface area (Å²) in [7, 11) is 0. The second kappa shape index (κ2) is 5.40. The molecule has 70 valence electrons. The van der Waals surface area contributed by atoms with E-state index in [2.05, 4.69) is 6.07 Å². The van der Waals surface area contributed by atoms with Gasteiger partial charge in [-0.3, -0.25) is 0 Å². The second-order valence-electron chi connectivity index (χ2n) is 3.60. The van der Waals surface area contributed by atoms with Crippen LogP contribution < -0.4 is 5.73 Å². The van der Waals surface area contributed by atoms with E-state index >= 15 is 0 Å². The fourth-order valence-electron chi connectivity index (χ4n) is 1.92. The van der Waals surface area contributed by atoms with Crippen LogP contribution in [0.2, 0.25) is 0 Å². The van der Waals surface area contributed by atoms with Crippen molar-refractivity contribution in [3.8, 4) is 6.07 Å². The van der Waals surface area contributed by atoms with E-state index in [1.54, 1.807) is 0 Å². The van der Waals surface area contributed by atoms with E-state index in [-0.39, 0.29) is 17.8 Å². The van der Waals surface area contributed by atoms with Crippen LogP contribution >= 0.6 is 12.4 Å². The predicted octanol–water partition coefficient (Wildman–Crippen LogP) is 2.23. The van der Waals surface area contributed by atoms with E-state index in [0.29, 0.717) is 13.0 Å². The largest absolute Gasteiger partial charge is 0.330 e. The number of nitriles is 1. The Balaban J connectivity index is 0.00000121. The van der Waals surface area contributed by atoms with E-state index in [9.17, 15) is 0 Å². The summed E-state index contributed by atoms with van der Waals surface area (Å²) in [4.78, 5) is 0. The normalized spacial score (nSPS) is 20.7. The summed E-state index contributed by atoms with van der Waals surface area (Å²) in [5.41, 5.74) is 5.86. The van der Waals surface area contributed by atoms with Gasteiger partial charge in [0.05, 0.1) is 6.07 Å². The molecule has 1 aliphatic carbocycles. The van der Waals surface area contributed by atoms with Gasteiger partial charge in [-0.2, -0.15) is 5.26 Å². The van der Waals surface area contributed by atoms with Crippen LogP contribution in [0.3, 0.4) is 0 Å². The molecule has 1 rings (SSSR count). The zero-order valence-corrected chi connectivity index (χ0v) is 8.20. The van der Waals surface area contributed by atoms with Crippen LogP contribution in [0.15, 0.2) is 0 Å². The Labute approximate surface area is 80.5 Å². The van der Waals surface area contributed by atoms with Crippen LogP contribution in [-0.2, 0) is 0 Å². The summed E-state index contributed by atoms with van der Waals surface area (Å²) in [6, 6.07) is 2.25.